The third kappa shape index (κ3) is 9.80. The fraction of sp³-hybridized carbons (Fsp3) is 0.460. The first-order chi connectivity index (χ1) is 26.3. The van der Waals surface area contributed by atoms with Crippen LogP contribution >= 0.6 is 0 Å². The molecule has 0 atom stereocenters. The Bertz CT molecular complexity index is 2220. The molecule has 1 radical (unpaired) electrons. The van der Waals surface area contributed by atoms with Gasteiger partial charge in [-0.25, -0.2) is 4.98 Å². The van der Waals surface area contributed by atoms with Gasteiger partial charge in [0.1, 0.15) is 0 Å². The first-order valence-corrected chi connectivity index (χ1v) is 24.5. The van der Waals surface area contributed by atoms with Gasteiger partial charge in [0.2, 0.25) is 5.71 Å². The van der Waals surface area contributed by atoms with Crippen LogP contribution in [-0.2, 0) is 38.4 Å². The van der Waals surface area contributed by atoms with Crippen LogP contribution < -0.4 is 5.19 Å². The molecule has 4 heterocycles. The maximum absolute atomic E-state index is 6.34. The number of furan rings is 1. The zero-order valence-electron chi connectivity index (χ0n) is 35.0. The van der Waals surface area contributed by atoms with Crippen LogP contribution in [0.1, 0.15) is 121 Å². The molecule has 0 N–H and O–H groups in total. The number of benzene rings is 2. The van der Waals surface area contributed by atoms with Gasteiger partial charge in [-0.05, 0) is 70.4 Å². The fourth-order valence-electron chi connectivity index (χ4n) is 8.84. The SMILES string of the molecule is CC(C)c1cnc(-c2[c-]ccc3c2oc2nc(C(C)(C)C)ccc23)cc1CC1CCCC1.C[Si](C)(C)c1cnc(-c2[c-]cccc2)cc1CC1CCCCC1.[Ir]. The van der Waals surface area contributed by atoms with Crippen molar-refractivity contribution in [3.63, 3.8) is 0 Å². The van der Waals surface area contributed by atoms with E-state index in [4.69, 9.17) is 19.4 Å². The van der Waals surface area contributed by atoms with Crippen LogP contribution in [0.3, 0.4) is 0 Å². The van der Waals surface area contributed by atoms with E-state index in [0.717, 1.165) is 62.8 Å². The summed E-state index contributed by atoms with van der Waals surface area (Å²) >= 11 is 0. The van der Waals surface area contributed by atoms with Crippen molar-refractivity contribution in [3.8, 4) is 22.5 Å². The number of fused-ring (bicyclic) bond motifs is 3. The Morgan fingerprint density at radius 3 is 2.05 bits per heavy atom. The number of pyridine rings is 3. The maximum Gasteiger partial charge on any atom is 0.216 e. The topological polar surface area (TPSA) is 51.8 Å². The van der Waals surface area contributed by atoms with Crippen molar-refractivity contribution in [2.24, 2.45) is 11.8 Å². The Labute approximate surface area is 351 Å². The first-order valence-electron chi connectivity index (χ1n) is 21.0. The van der Waals surface area contributed by atoms with Gasteiger partial charge >= 0.3 is 0 Å². The summed E-state index contributed by atoms with van der Waals surface area (Å²) in [6.45, 7) is 18.4. The van der Waals surface area contributed by atoms with Crippen LogP contribution in [0, 0.1) is 24.0 Å². The van der Waals surface area contributed by atoms with E-state index in [-0.39, 0.29) is 25.5 Å². The molecule has 0 aliphatic heterocycles. The van der Waals surface area contributed by atoms with Crippen molar-refractivity contribution in [2.45, 2.75) is 136 Å². The second-order valence-corrected chi connectivity index (χ2v) is 23.8. The van der Waals surface area contributed by atoms with Crippen LogP contribution in [-0.4, -0.2) is 23.0 Å². The summed E-state index contributed by atoms with van der Waals surface area (Å²) in [5, 5.41) is 3.67. The molecule has 2 aromatic carbocycles. The van der Waals surface area contributed by atoms with Gasteiger partial charge in [-0.1, -0.05) is 141 Å². The zero-order chi connectivity index (χ0) is 38.7. The molecular formula is C50H61IrN3OSi-2. The Balaban J connectivity index is 0.000000197. The minimum Gasteiger partial charge on any atom is -0.486 e. The van der Waals surface area contributed by atoms with Crippen LogP contribution in [0.15, 0.2) is 77.5 Å². The summed E-state index contributed by atoms with van der Waals surface area (Å²) in [5.41, 5.74) is 11.0. The predicted molar refractivity (Wildman–Crippen MR) is 234 cm³/mol. The number of hydrogen-bond donors (Lipinski definition) is 0. The maximum atomic E-state index is 6.34. The smallest absolute Gasteiger partial charge is 0.216 e. The van der Waals surface area contributed by atoms with Gasteiger partial charge in [0.25, 0.3) is 0 Å². The third-order valence-corrected chi connectivity index (χ3v) is 14.0. The third-order valence-electron chi connectivity index (χ3n) is 12.0. The zero-order valence-corrected chi connectivity index (χ0v) is 38.4. The van der Waals surface area contributed by atoms with Crippen molar-refractivity contribution < 1.29 is 24.5 Å². The van der Waals surface area contributed by atoms with Crippen LogP contribution in [0.5, 0.6) is 0 Å². The Morgan fingerprint density at radius 2 is 1.41 bits per heavy atom. The summed E-state index contributed by atoms with van der Waals surface area (Å²) in [7, 11) is -1.36. The molecule has 6 aromatic rings. The van der Waals surface area contributed by atoms with Crippen molar-refractivity contribution >= 4 is 35.3 Å². The van der Waals surface area contributed by atoms with Crippen molar-refractivity contribution in [3.05, 3.63) is 108 Å². The number of hydrogen-bond acceptors (Lipinski definition) is 4. The van der Waals surface area contributed by atoms with E-state index in [1.54, 1.807) is 10.8 Å². The molecule has 4 aromatic heterocycles. The van der Waals surface area contributed by atoms with Crippen LogP contribution in [0.2, 0.25) is 19.6 Å². The molecule has 2 aliphatic rings. The molecule has 0 amide bonds. The molecule has 297 valence electrons. The Hall–Kier alpha value is -3.44. The van der Waals surface area contributed by atoms with Gasteiger partial charge in [0.15, 0.2) is 0 Å². The second kappa shape index (κ2) is 18.0. The minimum atomic E-state index is -1.36. The molecule has 4 nitrogen and oxygen atoms in total. The normalized spacial score (nSPS) is 15.6. The molecule has 56 heavy (non-hydrogen) atoms. The largest absolute Gasteiger partial charge is 0.486 e. The van der Waals surface area contributed by atoms with E-state index in [9.17, 15) is 0 Å². The van der Waals surface area contributed by atoms with E-state index < -0.39 is 8.07 Å². The molecule has 0 unspecified atom stereocenters. The van der Waals surface area contributed by atoms with Gasteiger partial charge in [-0.2, -0.15) is 0 Å². The van der Waals surface area contributed by atoms with Gasteiger partial charge in [0.05, 0.1) is 13.7 Å². The minimum absolute atomic E-state index is 0. The summed E-state index contributed by atoms with van der Waals surface area (Å²) in [6.07, 6.45) is 19.1. The van der Waals surface area contributed by atoms with Crippen molar-refractivity contribution in [2.75, 3.05) is 0 Å². The number of rotatable bonds is 8. The first kappa shape index (κ1) is 42.2. The molecule has 0 saturated heterocycles. The molecule has 8 rings (SSSR count). The average Bonchev–Trinajstić information content (AvgIpc) is 3.82. The number of aromatic nitrogens is 3. The van der Waals surface area contributed by atoms with E-state index >= 15 is 0 Å². The van der Waals surface area contributed by atoms with Crippen molar-refractivity contribution in [1.29, 1.82) is 0 Å². The quantitative estimate of drug-likeness (QED) is 0.113. The Morgan fingerprint density at radius 1 is 0.750 bits per heavy atom. The predicted octanol–water partition coefficient (Wildman–Crippen LogP) is 13.2. The monoisotopic (exact) mass is 940 g/mol. The molecule has 2 aliphatic carbocycles. The van der Waals surface area contributed by atoms with E-state index in [1.807, 2.05) is 18.2 Å². The summed E-state index contributed by atoms with van der Waals surface area (Å²) in [5.74, 6) is 2.14. The van der Waals surface area contributed by atoms with Crippen LogP contribution in [0.25, 0.3) is 44.6 Å². The number of nitrogens with zero attached hydrogens (tertiary/aromatic N) is 3. The molecule has 2 fully saturated rings. The van der Waals surface area contributed by atoms with Gasteiger partial charge < -0.3 is 14.4 Å². The summed E-state index contributed by atoms with van der Waals surface area (Å²) in [6, 6.07) is 27.9. The molecule has 0 bridgehead atoms. The van der Waals surface area contributed by atoms with Crippen LogP contribution in [0.4, 0.5) is 0 Å². The molecular weight excluding hydrogens is 879 g/mol. The second-order valence-electron chi connectivity index (χ2n) is 18.7. The Kier molecular flexibility index (Phi) is 13.6. The summed E-state index contributed by atoms with van der Waals surface area (Å²) in [4.78, 5) is 14.5. The van der Waals surface area contributed by atoms with Gasteiger partial charge in [0, 0.05) is 49.0 Å². The fourth-order valence-corrected chi connectivity index (χ4v) is 10.4. The molecule has 0 spiro atoms. The van der Waals surface area contributed by atoms with E-state index in [1.165, 1.54) is 75.3 Å². The van der Waals surface area contributed by atoms with Gasteiger partial charge in [-0.15, -0.1) is 54.1 Å². The van der Waals surface area contributed by atoms with Crippen molar-refractivity contribution in [1.82, 2.24) is 15.0 Å². The van der Waals surface area contributed by atoms with Gasteiger partial charge in [-0.3, -0.25) is 0 Å². The molecule has 6 heteroatoms. The standard InChI is InChI=1S/C29H33N2O.C21H28NSi.Ir/c1-18(2)24-17-30-25(16-20(24)15-19-9-6-7-10-19)23-12-8-11-21-22-13-14-26(29(3,4)5)31-28(22)32-27(21)23;1-23(2,3)21-16-22-20(18-12-8-5-9-13-18)15-19(21)14-17-10-6-4-7-11-17;/h8,11,13-14,16-19H,6-7,9-10,15H2,1-5H3;5,8-9,12,15-17H,4,6-7,10-11,14H2,1-3H3;/q2*-1;. The summed E-state index contributed by atoms with van der Waals surface area (Å²) < 4.78 is 6.34. The van der Waals surface area contributed by atoms with E-state index in [0.29, 0.717) is 11.6 Å². The average molecular weight is 940 g/mol. The van der Waals surface area contributed by atoms with E-state index in [2.05, 4.69) is 121 Å². The molecule has 2 saturated carbocycles.